The Bertz CT molecular complexity index is 377. The number of aromatic nitrogens is 1. The van der Waals surface area contributed by atoms with Gasteiger partial charge in [0.25, 0.3) is 5.91 Å². The predicted molar refractivity (Wildman–Crippen MR) is 56.5 cm³/mol. The van der Waals surface area contributed by atoms with E-state index in [9.17, 15) is 4.79 Å². The minimum Gasteiger partial charge on any atom is -0.363 e. The van der Waals surface area contributed by atoms with Crippen molar-refractivity contribution in [3.8, 4) is 6.07 Å². The summed E-state index contributed by atoms with van der Waals surface area (Å²) in [6.07, 6.45) is 1.49. The van der Waals surface area contributed by atoms with Crippen LogP contribution in [0, 0.1) is 11.3 Å². The fourth-order valence-corrected chi connectivity index (χ4v) is 1.01. The number of hydrogen-bond donors (Lipinski definition) is 1. The van der Waals surface area contributed by atoms with Crippen molar-refractivity contribution in [3.05, 3.63) is 23.9 Å². The van der Waals surface area contributed by atoms with Crippen LogP contribution in [0.4, 0.5) is 5.82 Å². The Morgan fingerprint density at radius 2 is 2.33 bits per heavy atom. The predicted octanol–water partition coefficient (Wildman–Crippen LogP) is 0.401. The third-order valence-electron chi connectivity index (χ3n) is 1.80. The number of nitrogens with zero attached hydrogens (tertiary/aromatic N) is 3. The highest BCUT2D eigenvalue weighted by Crippen LogP contribution is 2.07. The van der Waals surface area contributed by atoms with Gasteiger partial charge in [-0.1, -0.05) is 0 Å². The van der Waals surface area contributed by atoms with E-state index in [0.717, 1.165) is 5.82 Å². The molecular weight excluding hydrogens is 192 g/mol. The van der Waals surface area contributed by atoms with Crippen molar-refractivity contribution in [1.82, 2.24) is 10.3 Å². The summed E-state index contributed by atoms with van der Waals surface area (Å²) in [5.74, 6) is 0.501. The summed E-state index contributed by atoms with van der Waals surface area (Å²) in [4.78, 5) is 17.3. The summed E-state index contributed by atoms with van der Waals surface area (Å²) in [6, 6.07) is 5.26. The number of anilines is 1. The molecule has 0 bridgehead atoms. The standard InChI is InChI=1S/C10H12N4O/c1-14(2)9-4-3-8(7-13-9)10(15)12-6-5-11/h3-4,7H,6H2,1-2H3,(H,12,15). The van der Waals surface area contributed by atoms with E-state index in [1.54, 1.807) is 12.1 Å². The molecule has 5 heteroatoms. The van der Waals surface area contributed by atoms with E-state index >= 15 is 0 Å². The highest BCUT2D eigenvalue weighted by molar-refractivity contribution is 5.94. The average Bonchev–Trinajstić information content (AvgIpc) is 2.26. The van der Waals surface area contributed by atoms with Gasteiger partial charge in [-0.25, -0.2) is 4.98 Å². The molecular formula is C10H12N4O. The summed E-state index contributed by atoms with van der Waals surface area (Å²) in [7, 11) is 3.75. The van der Waals surface area contributed by atoms with Crippen LogP contribution < -0.4 is 10.2 Å². The molecule has 0 aromatic carbocycles. The van der Waals surface area contributed by atoms with E-state index in [0.29, 0.717) is 5.56 Å². The van der Waals surface area contributed by atoms with Crippen LogP contribution >= 0.6 is 0 Å². The van der Waals surface area contributed by atoms with E-state index in [-0.39, 0.29) is 12.5 Å². The summed E-state index contributed by atoms with van der Waals surface area (Å²) < 4.78 is 0. The van der Waals surface area contributed by atoms with Gasteiger partial charge in [-0.2, -0.15) is 5.26 Å². The SMILES string of the molecule is CN(C)c1ccc(C(=O)NCC#N)cn1. The third-order valence-corrected chi connectivity index (χ3v) is 1.80. The van der Waals surface area contributed by atoms with Gasteiger partial charge >= 0.3 is 0 Å². The lowest BCUT2D eigenvalue weighted by atomic mass is 10.2. The molecule has 1 rings (SSSR count). The van der Waals surface area contributed by atoms with Crippen molar-refractivity contribution in [1.29, 1.82) is 5.26 Å². The molecule has 1 aromatic rings. The van der Waals surface area contributed by atoms with Crippen LogP contribution in [-0.2, 0) is 0 Å². The topological polar surface area (TPSA) is 69.0 Å². The second-order valence-corrected chi connectivity index (χ2v) is 3.14. The maximum atomic E-state index is 11.4. The number of pyridine rings is 1. The molecule has 0 aliphatic carbocycles. The van der Waals surface area contributed by atoms with E-state index < -0.39 is 0 Å². The molecule has 5 nitrogen and oxygen atoms in total. The first-order valence-corrected chi connectivity index (χ1v) is 4.43. The van der Waals surface area contributed by atoms with Crippen LogP contribution in [0.25, 0.3) is 0 Å². The van der Waals surface area contributed by atoms with Gasteiger partial charge in [0.1, 0.15) is 12.4 Å². The Balaban J connectivity index is 2.72. The van der Waals surface area contributed by atoms with Crippen molar-refractivity contribution < 1.29 is 4.79 Å². The fraction of sp³-hybridized carbons (Fsp3) is 0.300. The second kappa shape index (κ2) is 4.96. The Morgan fingerprint density at radius 1 is 1.60 bits per heavy atom. The minimum absolute atomic E-state index is 0.00820. The maximum Gasteiger partial charge on any atom is 0.253 e. The minimum atomic E-state index is -0.283. The molecule has 0 fully saturated rings. The number of hydrogen-bond acceptors (Lipinski definition) is 4. The molecule has 1 aromatic heterocycles. The van der Waals surface area contributed by atoms with Gasteiger partial charge in [-0.05, 0) is 12.1 Å². The lowest BCUT2D eigenvalue weighted by molar-refractivity contribution is 0.0958. The van der Waals surface area contributed by atoms with Gasteiger partial charge in [0, 0.05) is 20.3 Å². The van der Waals surface area contributed by atoms with Crippen LogP contribution in [0.2, 0.25) is 0 Å². The highest BCUT2D eigenvalue weighted by Gasteiger charge is 2.05. The van der Waals surface area contributed by atoms with Crippen LogP contribution in [0.3, 0.4) is 0 Å². The van der Waals surface area contributed by atoms with E-state index in [1.807, 2.05) is 25.1 Å². The molecule has 0 atom stereocenters. The molecule has 1 N–H and O–H groups in total. The molecule has 0 aliphatic rings. The molecule has 0 aliphatic heterocycles. The van der Waals surface area contributed by atoms with Crippen molar-refractivity contribution >= 4 is 11.7 Å². The monoisotopic (exact) mass is 204 g/mol. The summed E-state index contributed by atoms with van der Waals surface area (Å²) >= 11 is 0. The molecule has 15 heavy (non-hydrogen) atoms. The van der Waals surface area contributed by atoms with E-state index in [1.165, 1.54) is 6.20 Å². The largest absolute Gasteiger partial charge is 0.363 e. The van der Waals surface area contributed by atoms with Crippen LogP contribution in [-0.4, -0.2) is 31.5 Å². The molecule has 0 saturated carbocycles. The number of carbonyl (C=O) groups is 1. The van der Waals surface area contributed by atoms with Crippen molar-refractivity contribution in [2.24, 2.45) is 0 Å². The first-order chi connectivity index (χ1) is 7.15. The zero-order valence-electron chi connectivity index (χ0n) is 8.69. The van der Waals surface area contributed by atoms with Gasteiger partial charge in [-0.15, -0.1) is 0 Å². The Labute approximate surface area is 88.3 Å². The Morgan fingerprint density at radius 3 is 2.80 bits per heavy atom. The molecule has 1 heterocycles. The number of nitrogens with one attached hydrogen (secondary N) is 1. The highest BCUT2D eigenvalue weighted by atomic mass is 16.1. The first-order valence-electron chi connectivity index (χ1n) is 4.43. The molecule has 0 radical (unpaired) electrons. The first kappa shape index (κ1) is 11.0. The van der Waals surface area contributed by atoms with Crippen molar-refractivity contribution in [2.75, 3.05) is 25.5 Å². The molecule has 0 spiro atoms. The lowest BCUT2D eigenvalue weighted by Gasteiger charge is -2.10. The summed E-state index contributed by atoms with van der Waals surface area (Å²) in [5, 5.41) is 10.7. The van der Waals surface area contributed by atoms with Crippen LogP contribution in [0.1, 0.15) is 10.4 Å². The Hall–Kier alpha value is -2.09. The van der Waals surface area contributed by atoms with Gasteiger partial charge in [0.15, 0.2) is 0 Å². The fourth-order valence-electron chi connectivity index (χ4n) is 1.01. The van der Waals surface area contributed by atoms with Crippen LogP contribution in [0.5, 0.6) is 0 Å². The quantitative estimate of drug-likeness (QED) is 0.723. The average molecular weight is 204 g/mol. The van der Waals surface area contributed by atoms with Gasteiger partial charge in [-0.3, -0.25) is 4.79 Å². The lowest BCUT2D eigenvalue weighted by Crippen LogP contribution is -2.23. The van der Waals surface area contributed by atoms with Gasteiger partial charge in [0.2, 0.25) is 0 Å². The molecule has 1 amide bonds. The number of nitriles is 1. The van der Waals surface area contributed by atoms with Crippen molar-refractivity contribution in [2.45, 2.75) is 0 Å². The molecule has 0 saturated heterocycles. The van der Waals surface area contributed by atoms with Gasteiger partial charge < -0.3 is 10.2 Å². The molecule has 0 unspecified atom stereocenters. The van der Waals surface area contributed by atoms with Crippen LogP contribution in [0.15, 0.2) is 18.3 Å². The normalized spacial score (nSPS) is 9.13. The number of rotatable bonds is 3. The summed E-state index contributed by atoms with van der Waals surface area (Å²) in [6.45, 7) is 0.00820. The smallest absolute Gasteiger partial charge is 0.253 e. The van der Waals surface area contributed by atoms with E-state index in [4.69, 9.17) is 5.26 Å². The zero-order valence-corrected chi connectivity index (χ0v) is 8.69. The molecule has 78 valence electrons. The van der Waals surface area contributed by atoms with E-state index in [2.05, 4.69) is 10.3 Å². The number of carbonyl (C=O) groups excluding carboxylic acids is 1. The number of amides is 1. The van der Waals surface area contributed by atoms with Gasteiger partial charge in [0.05, 0.1) is 11.6 Å². The zero-order chi connectivity index (χ0) is 11.3. The Kier molecular flexibility index (Phi) is 3.63. The second-order valence-electron chi connectivity index (χ2n) is 3.14. The van der Waals surface area contributed by atoms with Crippen molar-refractivity contribution in [3.63, 3.8) is 0 Å². The maximum absolute atomic E-state index is 11.4. The third kappa shape index (κ3) is 2.95. The summed E-state index contributed by atoms with van der Waals surface area (Å²) in [5.41, 5.74) is 0.454.